The second-order valence-electron chi connectivity index (χ2n) is 5.91. The Labute approximate surface area is 117 Å². The molecule has 0 N–H and O–H groups in total. The molecule has 2 aliphatic rings. The lowest BCUT2D eigenvalue weighted by molar-refractivity contribution is 0.155. The van der Waals surface area contributed by atoms with Crippen molar-refractivity contribution >= 4 is 0 Å². The first-order valence-electron chi connectivity index (χ1n) is 7.29. The Balaban J connectivity index is 1.52. The zero-order chi connectivity index (χ0) is 13.7. The van der Waals surface area contributed by atoms with Crippen molar-refractivity contribution in [3.8, 4) is 0 Å². The SMILES string of the molecule is C[C@@H](c1nc(C2CC2)no1)N1CCc2c(ncn2C)C1. The molecule has 0 aromatic carbocycles. The van der Waals surface area contributed by atoms with Crippen LogP contribution < -0.4 is 0 Å². The first-order valence-corrected chi connectivity index (χ1v) is 7.29. The van der Waals surface area contributed by atoms with Gasteiger partial charge in [0.1, 0.15) is 0 Å². The highest BCUT2D eigenvalue weighted by Gasteiger charge is 2.32. The fraction of sp³-hybridized carbons (Fsp3) is 0.643. The third-order valence-electron chi connectivity index (χ3n) is 4.44. The molecule has 2 aromatic heterocycles. The number of nitrogens with zero attached hydrogens (tertiary/aromatic N) is 5. The zero-order valence-electron chi connectivity index (χ0n) is 11.9. The van der Waals surface area contributed by atoms with Crippen LogP contribution in [0.4, 0.5) is 0 Å². The van der Waals surface area contributed by atoms with Crippen molar-refractivity contribution in [3.63, 3.8) is 0 Å². The van der Waals surface area contributed by atoms with E-state index in [1.54, 1.807) is 0 Å². The van der Waals surface area contributed by atoms with Gasteiger partial charge in [-0.1, -0.05) is 5.16 Å². The lowest BCUT2D eigenvalue weighted by Crippen LogP contribution is -2.33. The molecule has 1 saturated carbocycles. The average Bonchev–Trinajstić information content (AvgIpc) is 3.09. The summed E-state index contributed by atoms with van der Waals surface area (Å²) in [7, 11) is 2.06. The van der Waals surface area contributed by atoms with Gasteiger partial charge in [-0.3, -0.25) is 4.90 Å². The number of rotatable bonds is 3. The summed E-state index contributed by atoms with van der Waals surface area (Å²) in [5.41, 5.74) is 2.52. The minimum atomic E-state index is 0.158. The van der Waals surface area contributed by atoms with Crippen LogP contribution in [0.1, 0.15) is 54.8 Å². The molecule has 3 heterocycles. The molecule has 0 amide bonds. The molecule has 6 nitrogen and oxygen atoms in total. The molecule has 2 aromatic rings. The Morgan fingerprint density at radius 2 is 2.25 bits per heavy atom. The van der Waals surface area contributed by atoms with Crippen LogP contribution in [0.15, 0.2) is 10.9 Å². The summed E-state index contributed by atoms with van der Waals surface area (Å²) in [6.07, 6.45) is 5.33. The van der Waals surface area contributed by atoms with Crippen LogP contribution in [0.5, 0.6) is 0 Å². The molecule has 0 radical (unpaired) electrons. The van der Waals surface area contributed by atoms with Crippen LogP contribution in [0.3, 0.4) is 0 Å². The van der Waals surface area contributed by atoms with Crippen LogP contribution >= 0.6 is 0 Å². The van der Waals surface area contributed by atoms with Gasteiger partial charge in [0, 0.05) is 38.2 Å². The maximum absolute atomic E-state index is 5.45. The van der Waals surface area contributed by atoms with E-state index in [2.05, 4.69) is 38.6 Å². The van der Waals surface area contributed by atoms with Crippen molar-refractivity contribution in [2.24, 2.45) is 7.05 Å². The van der Waals surface area contributed by atoms with Crippen molar-refractivity contribution in [2.45, 2.75) is 44.7 Å². The Kier molecular flexibility index (Phi) is 2.66. The largest absolute Gasteiger partial charge is 0.338 e. The predicted molar refractivity (Wildman–Crippen MR) is 72.0 cm³/mol. The number of fused-ring (bicyclic) bond motifs is 1. The van der Waals surface area contributed by atoms with Crippen molar-refractivity contribution in [1.82, 2.24) is 24.6 Å². The molecular formula is C14H19N5O. The lowest BCUT2D eigenvalue weighted by atomic mass is 10.1. The van der Waals surface area contributed by atoms with E-state index in [-0.39, 0.29) is 6.04 Å². The van der Waals surface area contributed by atoms with Crippen LogP contribution in [-0.2, 0) is 20.0 Å². The molecule has 106 valence electrons. The van der Waals surface area contributed by atoms with Gasteiger partial charge in [-0.25, -0.2) is 4.98 Å². The highest BCUT2D eigenvalue weighted by molar-refractivity contribution is 5.17. The van der Waals surface area contributed by atoms with E-state index in [9.17, 15) is 0 Å². The highest BCUT2D eigenvalue weighted by atomic mass is 16.5. The Hall–Kier alpha value is -1.69. The monoisotopic (exact) mass is 273 g/mol. The third kappa shape index (κ3) is 1.95. The van der Waals surface area contributed by atoms with Gasteiger partial charge in [0.25, 0.3) is 0 Å². The van der Waals surface area contributed by atoms with Crippen LogP contribution in [0, 0.1) is 0 Å². The molecule has 4 rings (SSSR count). The fourth-order valence-electron chi connectivity index (χ4n) is 2.89. The smallest absolute Gasteiger partial charge is 0.243 e. The van der Waals surface area contributed by atoms with Crippen LogP contribution in [-0.4, -0.2) is 31.1 Å². The van der Waals surface area contributed by atoms with Gasteiger partial charge in [0.05, 0.1) is 18.1 Å². The minimum absolute atomic E-state index is 0.158. The topological polar surface area (TPSA) is 60.0 Å². The number of aryl methyl sites for hydroxylation is 1. The summed E-state index contributed by atoms with van der Waals surface area (Å²) in [5.74, 6) is 2.18. The van der Waals surface area contributed by atoms with Crippen molar-refractivity contribution < 1.29 is 4.52 Å². The summed E-state index contributed by atoms with van der Waals surface area (Å²) >= 11 is 0. The summed E-state index contributed by atoms with van der Waals surface area (Å²) in [5, 5.41) is 4.11. The molecule has 1 aliphatic heterocycles. The minimum Gasteiger partial charge on any atom is -0.338 e. The second-order valence-corrected chi connectivity index (χ2v) is 5.91. The maximum atomic E-state index is 5.45. The average molecular weight is 273 g/mol. The molecule has 1 fully saturated rings. The van der Waals surface area contributed by atoms with Crippen molar-refractivity contribution in [1.29, 1.82) is 0 Å². The lowest BCUT2D eigenvalue weighted by Gasteiger charge is -2.30. The standard InChI is InChI=1S/C14H19N5O/c1-9(14-16-13(17-20-14)10-3-4-10)19-6-5-12-11(7-19)15-8-18(12)2/h8-10H,3-7H2,1-2H3/t9-/m0/s1. The zero-order valence-corrected chi connectivity index (χ0v) is 11.9. The first-order chi connectivity index (χ1) is 9.72. The Morgan fingerprint density at radius 1 is 1.40 bits per heavy atom. The predicted octanol–water partition coefficient (Wildman–Crippen LogP) is 1.80. The fourth-order valence-corrected chi connectivity index (χ4v) is 2.89. The van der Waals surface area contributed by atoms with E-state index in [1.807, 2.05) is 6.33 Å². The van der Waals surface area contributed by atoms with E-state index in [4.69, 9.17) is 4.52 Å². The molecule has 0 spiro atoms. The Morgan fingerprint density at radius 3 is 3.05 bits per heavy atom. The van der Waals surface area contributed by atoms with Gasteiger partial charge >= 0.3 is 0 Å². The summed E-state index contributed by atoms with van der Waals surface area (Å²) in [6.45, 7) is 4.01. The van der Waals surface area contributed by atoms with E-state index in [0.29, 0.717) is 5.92 Å². The van der Waals surface area contributed by atoms with Crippen LogP contribution in [0.2, 0.25) is 0 Å². The van der Waals surface area contributed by atoms with Crippen molar-refractivity contribution in [2.75, 3.05) is 6.54 Å². The molecule has 0 bridgehead atoms. The van der Waals surface area contributed by atoms with E-state index >= 15 is 0 Å². The number of hydrogen-bond donors (Lipinski definition) is 0. The maximum Gasteiger partial charge on any atom is 0.243 e. The van der Waals surface area contributed by atoms with Gasteiger partial charge in [-0.15, -0.1) is 0 Å². The normalized spacial score (nSPS) is 20.9. The molecule has 1 aliphatic carbocycles. The molecule has 0 saturated heterocycles. The van der Waals surface area contributed by atoms with Gasteiger partial charge in [-0.05, 0) is 19.8 Å². The molecule has 20 heavy (non-hydrogen) atoms. The quantitative estimate of drug-likeness (QED) is 0.853. The first kappa shape index (κ1) is 12.1. The molecule has 1 atom stereocenters. The summed E-state index contributed by atoms with van der Waals surface area (Å²) < 4.78 is 7.57. The van der Waals surface area contributed by atoms with Crippen LogP contribution in [0.25, 0.3) is 0 Å². The van der Waals surface area contributed by atoms with Gasteiger partial charge in [0.2, 0.25) is 5.89 Å². The van der Waals surface area contributed by atoms with E-state index < -0.39 is 0 Å². The van der Waals surface area contributed by atoms with E-state index in [0.717, 1.165) is 31.2 Å². The molecular weight excluding hydrogens is 254 g/mol. The number of aromatic nitrogens is 4. The van der Waals surface area contributed by atoms with Gasteiger partial charge in [-0.2, -0.15) is 4.98 Å². The van der Waals surface area contributed by atoms with Crippen molar-refractivity contribution in [3.05, 3.63) is 29.4 Å². The summed E-state index contributed by atoms with van der Waals surface area (Å²) in [4.78, 5) is 11.4. The third-order valence-corrected chi connectivity index (χ3v) is 4.44. The Bertz CT molecular complexity index is 627. The highest BCUT2D eigenvalue weighted by Crippen LogP contribution is 2.38. The van der Waals surface area contributed by atoms with Gasteiger partial charge < -0.3 is 9.09 Å². The van der Waals surface area contributed by atoms with E-state index in [1.165, 1.54) is 24.2 Å². The number of imidazole rings is 1. The number of hydrogen-bond acceptors (Lipinski definition) is 5. The summed E-state index contributed by atoms with van der Waals surface area (Å²) in [6, 6.07) is 0.158. The van der Waals surface area contributed by atoms with Gasteiger partial charge in [0.15, 0.2) is 5.82 Å². The second kappa shape index (κ2) is 4.41. The molecule has 6 heteroatoms. The molecule has 0 unspecified atom stereocenters.